The molecular weight excluding hydrogens is 399 g/mol. The molecule has 0 aliphatic carbocycles. The lowest BCUT2D eigenvalue weighted by Crippen LogP contribution is -2.41. The molecule has 2 amide bonds. The normalized spacial score (nSPS) is 17.7. The molecule has 2 aliphatic heterocycles. The fourth-order valence-electron chi connectivity index (χ4n) is 4.12. The van der Waals surface area contributed by atoms with E-state index in [0.29, 0.717) is 37.7 Å². The van der Waals surface area contributed by atoms with Crippen molar-refractivity contribution in [3.05, 3.63) is 23.7 Å². The molecule has 0 saturated carbocycles. The summed E-state index contributed by atoms with van der Waals surface area (Å²) in [4.78, 5) is 38.3. The third-order valence-electron chi connectivity index (χ3n) is 6.06. The van der Waals surface area contributed by atoms with E-state index in [2.05, 4.69) is 15.3 Å². The van der Waals surface area contributed by atoms with E-state index in [4.69, 9.17) is 0 Å². The van der Waals surface area contributed by atoms with E-state index in [1.165, 1.54) is 6.20 Å². The Morgan fingerprint density at radius 3 is 2.48 bits per heavy atom. The molecular formula is C22H33FN6O2. The Morgan fingerprint density at radius 2 is 1.90 bits per heavy atom. The van der Waals surface area contributed by atoms with E-state index in [1.807, 2.05) is 29.7 Å². The first-order valence-electron chi connectivity index (χ1n) is 11.2. The summed E-state index contributed by atoms with van der Waals surface area (Å²) in [5.74, 6) is 0.144. The molecule has 2 fully saturated rings. The summed E-state index contributed by atoms with van der Waals surface area (Å²) < 4.78 is 14.6. The number of rotatable bonds is 7. The molecule has 31 heavy (non-hydrogen) atoms. The van der Waals surface area contributed by atoms with E-state index >= 15 is 0 Å². The van der Waals surface area contributed by atoms with Crippen LogP contribution >= 0.6 is 0 Å². The first-order valence-corrected chi connectivity index (χ1v) is 11.2. The van der Waals surface area contributed by atoms with Crippen molar-refractivity contribution in [1.29, 1.82) is 0 Å². The molecule has 0 unspecified atom stereocenters. The molecule has 9 heteroatoms. The number of carbonyl (C=O) groups excluding carboxylic acids is 2. The fourth-order valence-corrected chi connectivity index (χ4v) is 4.12. The van der Waals surface area contributed by atoms with E-state index in [-0.39, 0.29) is 23.7 Å². The average molecular weight is 433 g/mol. The molecule has 0 aromatic carbocycles. The van der Waals surface area contributed by atoms with Crippen LogP contribution in [0.15, 0.2) is 17.8 Å². The minimum atomic E-state index is -0.511. The summed E-state index contributed by atoms with van der Waals surface area (Å²) >= 11 is 0. The van der Waals surface area contributed by atoms with Gasteiger partial charge >= 0.3 is 0 Å². The van der Waals surface area contributed by atoms with Crippen molar-refractivity contribution in [3.8, 4) is 0 Å². The number of anilines is 2. The van der Waals surface area contributed by atoms with Crippen molar-refractivity contribution in [3.63, 3.8) is 0 Å². The van der Waals surface area contributed by atoms with Crippen molar-refractivity contribution in [2.75, 3.05) is 49.5 Å². The fraction of sp³-hybridized carbons (Fsp3) is 0.636. The molecule has 0 atom stereocenters. The van der Waals surface area contributed by atoms with Gasteiger partial charge in [-0.1, -0.05) is 6.08 Å². The molecule has 170 valence electrons. The largest absolute Gasteiger partial charge is 0.351 e. The van der Waals surface area contributed by atoms with E-state index in [0.717, 1.165) is 38.8 Å². The molecule has 1 aromatic heterocycles. The number of aromatic nitrogens is 2. The van der Waals surface area contributed by atoms with E-state index in [9.17, 15) is 14.0 Å². The summed E-state index contributed by atoms with van der Waals surface area (Å²) in [5, 5.41) is 3.28. The van der Waals surface area contributed by atoms with Crippen LogP contribution in [0.4, 0.5) is 16.2 Å². The van der Waals surface area contributed by atoms with Crippen LogP contribution in [-0.2, 0) is 9.59 Å². The summed E-state index contributed by atoms with van der Waals surface area (Å²) in [6, 6.07) is 0.131. The zero-order valence-corrected chi connectivity index (χ0v) is 18.7. The Hall–Kier alpha value is -2.71. The molecule has 2 saturated heterocycles. The topological polar surface area (TPSA) is 81.7 Å². The quantitative estimate of drug-likeness (QED) is 0.667. The van der Waals surface area contributed by atoms with E-state index in [1.54, 1.807) is 11.8 Å². The van der Waals surface area contributed by atoms with Crippen molar-refractivity contribution >= 4 is 23.6 Å². The highest BCUT2D eigenvalue weighted by molar-refractivity contribution is 5.94. The average Bonchev–Trinajstić information content (AvgIpc) is 3.31. The lowest BCUT2D eigenvalue weighted by Gasteiger charge is -2.32. The van der Waals surface area contributed by atoms with Gasteiger partial charge in [0.15, 0.2) is 11.6 Å². The Kier molecular flexibility index (Phi) is 7.81. The van der Waals surface area contributed by atoms with Gasteiger partial charge in [-0.15, -0.1) is 0 Å². The van der Waals surface area contributed by atoms with Gasteiger partial charge in [-0.05, 0) is 39.5 Å². The number of halogens is 1. The first kappa shape index (κ1) is 23.0. The minimum absolute atomic E-state index is 0.0171. The van der Waals surface area contributed by atoms with Crippen LogP contribution in [0.1, 0.15) is 46.5 Å². The maximum absolute atomic E-state index is 14.6. The number of carbonyl (C=O) groups is 2. The van der Waals surface area contributed by atoms with E-state index < -0.39 is 5.82 Å². The van der Waals surface area contributed by atoms with Gasteiger partial charge in [-0.25, -0.2) is 9.37 Å². The zero-order valence-electron chi connectivity index (χ0n) is 18.7. The van der Waals surface area contributed by atoms with Crippen LogP contribution < -0.4 is 10.2 Å². The Labute approximate surface area is 183 Å². The Bertz CT molecular complexity index is 816. The van der Waals surface area contributed by atoms with Crippen molar-refractivity contribution in [2.24, 2.45) is 0 Å². The molecule has 0 radical (unpaired) electrons. The summed E-state index contributed by atoms with van der Waals surface area (Å²) in [6.07, 6.45) is 6.63. The number of allylic oxidation sites excluding steroid dienone is 1. The Balaban J connectivity index is 1.68. The van der Waals surface area contributed by atoms with Crippen LogP contribution in [0.2, 0.25) is 0 Å². The minimum Gasteiger partial charge on any atom is -0.351 e. The monoisotopic (exact) mass is 432 g/mol. The number of likely N-dealkylation sites (tertiary alicyclic amines) is 2. The number of likely N-dealkylation sites (N-methyl/N-ethyl adjacent to an activating group) is 1. The predicted octanol–water partition coefficient (Wildman–Crippen LogP) is 2.43. The number of hydrogen-bond donors (Lipinski definition) is 1. The van der Waals surface area contributed by atoms with Crippen LogP contribution in [-0.4, -0.2) is 76.9 Å². The van der Waals surface area contributed by atoms with Gasteiger partial charge in [0.05, 0.1) is 6.20 Å². The highest BCUT2D eigenvalue weighted by atomic mass is 19.1. The van der Waals surface area contributed by atoms with Gasteiger partial charge in [0.2, 0.25) is 11.9 Å². The third kappa shape index (κ3) is 5.71. The zero-order chi connectivity index (χ0) is 22.4. The second-order valence-corrected chi connectivity index (χ2v) is 8.12. The van der Waals surface area contributed by atoms with Gasteiger partial charge < -0.3 is 20.0 Å². The highest BCUT2D eigenvalue weighted by Crippen LogP contribution is 2.22. The van der Waals surface area contributed by atoms with Crippen LogP contribution in [0.25, 0.3) is 0 Å². The van der Waals surface area contributed by atoms with Gasteiger partial charge in [-0.2, -0.15) is 4.98 Å². The van der Waals surface area contributed by atoms with Crippen LogP contribution in [0, 0.1) is 5.82 Å². The third-order valence-corrected chi connectivity index (χ3v) is 6.06. The van der Waals surface area contributed by atoms with Gasteiger partial charge in [0, 0.05) is 57.8 Å². The van der Waals surface area contributed by atoms with Crippen LogP contribution in [0.3, 0.4) is 0 Å². The summed E-state index contributed by atoms with van der Waals surface area (Å²) in [5.41, 5.74) is 0.646. The number of hydrogen-bond acceptors (Lipinski definition) is 6. The maximum Gasteiger partial charge on any atom is 0.251 e. The molecule has 0 spiro atoms. The predicted molar refractivity (Wildman–Crippen MR) is 118 cm³/mol. The molecule has 8 nitrogen and oxygen atoms in total. The van der Waals surface area contributed by atoms with Gasteiger partial charge in [-0.3, -0.25) is 9.59 Å². The second kappa shape index (κ2) is 10.5. The maximum atomic E-state index is 14.6. The lowest BCUT2D eigenvalue weighted by atomic mass is 10.1. The molecule has 2 aliphatic rings. The van der Waals surface area contributed by atoms with Gasteiger partial charge in [0.1, 0.15) is 0 Å². The first-order chi connectivity index (χ1) is 14.9. The standard InChI is InChI=1S/C22H33FN6O2/c1-4-17(21(31)29-10-6-7-11-29)15-27(5-2)20-19(23)14-24-22(26-20)25-18-8-12-28(13-9-18)16(3)30/h4,14,18H,5-13,15H2,1-3H3,(H,24,25,26)/b17-4+. The summed E-state index contributed by atoms with van der Waals surface area (Å²) in [6.45, 7) is 9.07. The number of piperidine rings is 1. The van der Waals surface area contributed by atoms with Crippen LogP contribution in [0.5, 0.6) is 0 Å². The molecule has 0 bridgehead atoms. The smallest absolute Gasteiger partial charge is 0.251 e. The lowest BCUT2D eigenvalue weighted by molar-refractivity contribution is -0.129. The molecule has 3 rings (SSSR count). The van der Waals surface area contributed by atoms with Crippen molar-refractivity contribution in [1.82, 2.24) is 19.8 Å². The second-order valence-electron chi connectivity index (χ2n) is 8.12. The number of amides is 2. The van der Waals surface area contributed by atoms with Gasteiger partial charge in [0.25, 0.3) is 5.91 Å². The molecule has 3 heterocycles. The number of nitrogens with zero attached hydrogens (tertiary/aromatic N) is 5. The molecule has 1 aromatic rings. The SMILES string of the molecule is C/C=C(\CN(CC)c1nc(NC2CCN(C(C)=O)CC2)ncc1F)C(=O)N1CCCC1. The van der Waals surface area contributed by atoms with Crippen molar-refractivity contribution < 1.29 is 14.0 Å². The highest BCUT2D eigenvalue weighted by Gasteiger charge is 2.25. The molecule has 1 N–H and O–H groups in total. The Morgan fingerprint density at radius 1 is 1.23 bits per heavy atom. The number of nitrogens with one attached hydrogen (secondary N) is 1. The summed E-state index contributed by atoms with van der Waals surface area (Å²) in [7, 11) is 0. The van der Waals surface area contributed by atoms with Crippen molar-refractivity contribution in [2.45, 2.75) is 52.5 Å².